The Morgan fingerprint density at radius 1 is 0.636 bits per heavy atom. The highest BCUT2D eigenvalue weighted by Crippen LogP contribution is 2.38. The van der Waals surface area contributed by atoms with Crippen molar-refractivity contribution in [1.29, 1.82) is 0 Å². The topological polar surface area (TPSA) is 334 Å². The number of ketones is 3. The van der Waals surface area contributed by atoms with Gasteiger partial charge in [0.05, 0.1) is 86.5 Å². The number of nitrogens with two attached hydrogens (primary N) is 1. The maximum atomic E-state index is 15.1. The van der Waals surface area contributed by atoms with E-state index in [1.54, 1.807) is 75.4 Å². The minimum absolute atomic E-state index is 0.00888. The Morgan fingerprint density at radius 3 is 1.99 bits per heavy atom. The Balaban J connectivity index is 0.771. The van der Waals surface area contributed by atoms with E-state index in [4.69, 9.17) is 29.4 Å². The lowest BCUT2D eigenvalue weighted by Crippen LogP contribution is -2.54. The number of likely N-dealkylation sites (tertiary alicyclic amines) is 1. The maximum absolute atomic E-state index is 15.1. The quantitative estimate of drug-likeness (QED) is 0.0178. The summed E-state index contributed by atoms with van der Waals surface area (Å²) < 4.78 is 29.5. The summed E-state index contributed by atoms with van der Waals surface area (Å²) in [7, 11) is 6.42. The normalized spacial score (nSPS) is 16.2. The number of thiazole rings is 1. The van der Waals surface area contributed by atoms with E-state index in [9.17, 15) is 47.9 Å². The van der Waals surface area contributed by atoms with Crippen molar-refractivity contribution in [3.63, 3.8) is 0 Å². The zero-order valence-corrected chi connectivity index (χ0v) is 71.5. The summed E-state index contributed by atoms with van der Waals surface area (Å²) >= 11 is 1.54. The minimum Gasteiger partial charge on any atom is -0.445 e. The van der Waals surface area contributed by atoms with E-state index in [1.165, 1.54) is 23.3 Å². The number of nitrogens with zero attached hydrogens (tertiary/aromatic N) is 5. The number of nitrogens with one attached hydrogen (secondary N) is 4. The smallest absolute Gasteiger partial charge is 0.410 e. The molecular formula is C91H124N10O16S. The molecule has 0 bridgehead atoms. The minimum atomic E-state index is -0.963. The molecule has 27 heteroatoms. The molecule has 10 atom stereocenters. The Bertz CT molecular complexity index is 4180. The van der Waals surface area contributed by atoms with Crippen molar-refractivity contribution >= 4 is 87.6 Å². The fourth-order valence-electron chi connectivity index (χ4n) is 16.5. The largest absolute Gasteiger partial charge is 0.445 e. The zero-order valence-electron chi connectivity index (χ0n) is 70.7. The van der Waals surface area contributed by atoms with Gasteiger partial charge in [-0.05, 0) is 122 Å². The van der Waals surface area contributed by atoms with Gasteiger partial charge in [-0.1, -0.05) is 146 Å². The van der Waals surface area contributed by atoms with Crippen molar-refractivity contribution in [2.45, 2.75) is 213 Å². The van der Waals surface area contributed by atoms with Gasteiger partial charge in [0.15, 0.2) is 11.6 Å². The molecule has 3 heterocycles. The van der Waals surface area contributed by atoms with E-state index >= 15 is 4.79 Å². The van der Waals surface area contributed by atoms with Gasteiger partial charge < -0.3 is 70.3 Å². The molecule has 118 heavy (non-hydrogen) atoms. The summed E-state index contributed by atoms with van der Waals surface area (Å²) in [5.41, 5.74) is 10.7. The van der Waals surface area contributed by atoms with Crippen LogP contribution >= 0.6 is 11.3 Å². The number of hydrogen-bond acceptors (Lipinski definition) is 18. The number of benzene rings is 4. The number of ether oxygens (including phenoxy) is 5. The molecule has 3 aliphatic rings. The second kappa shape index (κ2) is 47.8. The average molecular weight is 1650 g/mol. The molecule has 2 fully saturated rings. The molecular weight excluding hydrogens is 1520 g/mol. The molecule has 0 spiro atoms. The van der Waals surface area contributed by atoms with Crippen molar-refractivity contribution in [1.82, 2.24) is 35.6 Å². The van der Waals surface area contributed by atoms with Crippen LogP contribution < -0.4 is 31.9 Å². The number of carbonyl (C=O) groups excluding carboxylic acids is 11. The number of fused-ring (bicyclic) bond motifs is 2. The van der Waals surface area contributed by atoms with Gasteiger partial charge in [-0.25, -0.2) is 14.6 Å². The van der Waals surface area contributed by atoms with Crippen LogP contribution in [0, 0.1) is 53.3 Å². The molecule has 8 rings (SSSR count). The Kier molecular flexibility index (Phi) is 38.0. The number of anilines is 2. The second-order valence-corrected chi connectivity index (χ2v) is 33.3. The van der Waals surface area contributed by atoms with Gasteiger partial charge >= 0.3 is 12.1 Å². The Hall–Kier alpha value is -9.72. The maximum Gasteiger partial charge on any atom is 0.410 e. The molecule has 2 aliphatic heterocycles. The first kappa shape index (κ1) is 93.8. The van der Waals surface area contributed by atoms with E-state index in [0.29, 0.717) is 50.0 Å². The molecule has 5 aromatic rings. The fraction of sp³-hybridized carbons (Fsp3) is 0.560. The van der Waals surface area contributed by atoms with Gasteiger partial charge in [0.2, 0.25) is 35.4 Å². The molecule has 0 radical (unpaired) electrons. The molecule has 640 valence electrons. The van der Waals surface area contributed by atoms with Crippen LogP contribution in [0.1, 0.15) is 190 Å². The van der Waals surface area contributed by atoms with E-state index in [-0.39, 0.29) is 174 Å². The molecule has 26 nitrogen and oxygen atoms in total. The molecule has 1 saturated heterocycles. The van der Waals surface area contributed by atoms with Crippen molar-refractivity contribution in [3.8, 4) is 11.8 Å². The summed E-state index contributed by atoms with van der Waals surface area (Å²) in [6.07, 6.45) is 6.40. The van der Waals surface area contributed by atoms with Crippen LogP contribution in [-0.2, 0) is 86.4 Å². The van der Waals surface area contributed by atoms with Crippen LogP contribution in [0.15, 0.2) is 115 Å². The SMILES string of the molecule is CO[C@H]([C@@H](C)C(=O)C[C@@H](Cc1ccccc1)c1nccs1)[C@@H]1CCCN1C(=O)C[C@@H](OC)[C@H](C1CCCC1)N(C)C(=O)[C@@H](CC(=O)[C@H](C(C)C)N(C)C(=O)OCc1ccc(NC(=O)C(CCCNC(N)=O)CC(=O)[C@@H](NC(=O)CCOCCOCCNC(=O)CCCC(=O)N2Cc3ccccc3C#Cc3ccccc32)C(C)C)cc1)C(C)C. The first-order chi connectivity index (χ1) is 56.7. The lowest BCUT2D eigenvalue weighted by molar-refractivity contribution is -0.149. The van der Waals surface area contributed by atoms with Crippen LogP contribution in [0.2, 0.25) is 0 Å². The predicted molar refractivity (Wildman–Crippen MR) is 453 cm³/mol. The lowest BCUT2D eigenvalue weighted by Gasteiger charge is -2.41. The van der Waals surface area contributed by atoms with Crippen LogP contribution in [0.4, 0.5) is 21.0 Å². The average Bonchev–Trinajstić information content (AvgIpc) is 1.42. The van der Waals surface area contributed by atoms with Crippen molar-refractivity contribution < 1.29 is 76.4 Å². The molecule has 1 aliphatic carbocycles. The molecule has 1 saturated carbocycles. The second-order valence-electron chi connectivity index (χ2n) is 32.4. The monoisotopic (exact) mass is 1640 g/mol. The Morgan fingerprint density at radius 2 is 1.32 bits per heavy atom. The Labute approximate surface area is 700 Å². The van der Waals surface area contributed by atoms with Crippen molar-refractivity contribution in [3.05, 3.63) is 148 Å². The first-order valence-electron chi connectivity index (χ1n) is 41.8. The highest BCUT2D eigenvalue weighted by atomic mass is 32.1. The summed E-state index contributed by atoms with van der Waals surface area (Å²) in [6.45, 7) is 14.6. The molecule has 1 aromatic heterocycles. The number of carbonyl (C=O) groups is 11. The first-order valence-corrected chi connectivity index (χ1v) is 42.7. The third-order valence-electron chi connectivity index (χ3n) is 22.9. The molecule has 6 N–H and O–H groups in total. The number of Topliss-reactive ketones (excluding diaryl/α,β-unsaturated/α-hetero) is 3. The summed E-state index contributed by atoms with van der Waals surface area (Å²) in [5.74, 6) is 0.879. The van der Waals surface area contributed by atoms with E-state index in [0.717, 1.165) is 65.1 Å². The van der Waals surface area contributed by atoms with E-state index in [1.807, 2.05) is 112 Å². The van der Waals surface area contributed by atoms with Crippen LogP contribution in [-0.4, -0.2) is 195 Å². The fourth-order valence-corrected chi connectivity index (χ4v) is 17.3. The number of urea groups is 1. The van der Waals surface area contributed by atoms with Gasteiger partial charge in [0.1, 0.15) is 12.4 Å². The van der Waals surface area contributed by atoms with Gasteiger partial charge in [0, 0.05) is 139 Å². The lowest BCUT2D eigenvalue weighted by atomic mass is 9.83. The third kappa shape index (κ3) is 28.0. The number of aromatic nitrogens is 1. The standard InChI is InChI=1S/C91H124N10O16S/c1-59(2)72(89(110)98(8)85(67-28-16-17-29-67)78(113-10)56-82(108)100-46-23-33-74(100)86(114-11)62(7)75(102)54-70(88-94-45-51-118-88)52-63-24-13-12-14-25-63)55-77(104)84(61(5)6)99(9)91(112)117-58-64-36-40-71(41-37-64)96-87(109)68(31-22-43-95-90(92)111)53-76(103)83(60(3)4)97-80(106)42-47-115-49-50-116-48-44-93-79(105)34-21-35-81(107)101-57-69-30-18-15-26-65(69)38-39-66-27-19-20-32-73(66)101/h12-15,18-20,24-27,30,32,36-37,40-41,45,51,59-62,67-68,70,72,74,78,83-86H,16-17,21-23,28-29,31,33-35,42-44,46-50,52-58H2,1-11H3,(H,93,105)(H,96,109)(H,97,106)(H3,92,95,111)/t62-,68?,70+,72-,74-,78+,83-,84-,85-,86+/m0/s1. The number of para-hydroxylation sites is 1. The highest BCUT2D eigenvalue weighted by Gasteiger charge is 2.46. The molecule has 9 amide bonds. The van der Waals surface area contributed by atoms with Crippen LogP contribution in [0.5, 0.6) is 0 Å². The van der Waals surface area contributed by atoms with Gasteiger partial charge in [0.25, 0.3) is 0 Å². The number of rotatable bonds is 48. The van der Waals surface area contributed by atoms with Gasteiger partial charge in [-0.15, -0.1) is 11.3 Å². The van der Waals surface area contributed by atoms with E-state index < -0.39 is 72.0 Å². The van der Waals surface area contributed by atoms with Gasteiger partial charge in [-0.3, -0.25) is 43.2 Å². The van der Waals surface area contributed by atoms with Crippen molar-refractivity contribution in [2.24, 2.45) is 47.2 Å². The third-order valence-corrected chi connectivity index (χ3v) is 23.9. The number of hydrogen-bond donors (Lipinski definition) is 5. The molecule has 1 unspecified atom stereocenters. The number of likely N-dealkylation sites (N-methyl/N-ethyl adjacent to an activating group) is 2. The highest BCUT2D eigenvalue weighted by molar-refractivity contribution is 7.09. The van der Waals surface area contributed by atoms with Crippen LogP contribution in [0.3, 0.4) is 0 Å². The number of methoxy groups -OCH3 is 2. The summed E-state index contributed by atoms with van der Waals surface area (Å²) in [4.78, 5) is 163. The van der Waals surface area contributed by atoms with Gasteiger partial charge in [-0.2, -0.15) is 0 Å². The number of primary amides is 1. The predicted octanol–water partition coefficient (Wildman–Crippen LogP) is 11.8. The van der Waals surface area contributed by atoms with E-state index in [2.05, 4.69) is 50.2 Å². The summed E-state index contributed by atoms with van der Waals surface area (Å²) in [5, 5.41) is 13.9. The zero-order chi connectivity index (χ0) is 85.4. The number of amides is 9. The molecule has 4 aromatic carbocycles. The van der Waals surface area contributed by atoms with Crippen molar-refractivity contribution in [2.75, 3.05) is 84.6 Å². The van der Waals surface area contributed by atoms with Crippen LogP contribution in [0.25, 0.3) is 0 Å². The summed E-state index contributed by atoms with van der Waals surface area (Å²) in [6, 6.07) is 28.5.